The summed E-state index contributed by atoms with van der Waals surface area (Å²) >= 11 is 0. The first-order valence-electron chi connectivity index (χ1n) is 10.3. The second-order valence-corrected chi connectivity index (χ2v) is 10.9. The molecule has 0 radical (unpaired) electrons. The maximum Gasteiger partial charge on any atom is 0.376 e. The van der Waals surface area contributed by atoms with Crippen LogP contribution in [0.2, 0.25) is 6.55 Å². The summed E-state index contributed by atoms with van der Waals surface area (Å²) in [6.07, 6.45) is 0. The molecule has 6 nitrogen and oxygen atoms in total. The van der Waals surface area contributed by atoms with Crippen LogP contribution in [0.25, 0.3) is 0 Å². The number of hydrogen-bond acceptors (Lipinski definition) is 3. The zero-order valence-corrected chi connectivity index (χ0v) is 19.7. The smallest absolute Gasteiger partial charge is 0.344 e. The van der Waals surface area contributed by atoms with Gasteiger partial charge in [0.15, 0.2) is 0 Å². The molecule has 32 heavy (non-hydrogen) atoms. The first kappa shape index (κ1) is 23.0. The summed E-state index contributed by atoms with van der Waals surface area (Å²) in [6, 6.07) is 21.5. The van der Waals surface area contributed by atoms with E-state index in [1.54, 1.807) is 42.9 Å². The van der Waals surface area contributed by atoms with Crippen molar-refractivity contribution in [3.8, 4) is 0 Å². The largest absolute Gasteiger partial charge is 0.376 e. The van der Waals surface area contributed by atoms with Gasteiger partial charge in [-0.15, -0.1) is 0 Å². The molecule has 3 aromatic rings. The van der Waals surface area contributed by atoms with E-state index in [0.717, 1.165) is 16.7 Å². The Balaban J connectivity index is 1.92. The number of amides is 3. The van der Waals surface area contributed by atoms with Gasteiger partial charge >= 0.3 is 8.56 Å². The van der Waals surface area contributed by atoms with Crippen molar-refractivity contribution in [3.05, 3.63) is 106 Å². The second kappa shape index (κ2) is 9.61. The number of carbonyl (C=O) groups is 3. The molecule has 0 aliphatic heterocycles. The van der Waals surface area contributed by atoms with Crippen molar-refractivity contribution in [2.45, 2.75) is 27.3 Å². The van der Waals surface area contributed by atoms with Crippen molar-refractivity contribution in [1.29, 1.82) is 0 Å². The highest BCUT2D eigenvalue weighted by Crippen LogP contribution is 2.12. The van der Waals surface area contributed by atoms with E-state index in [2.05, 4.69) is 14.9 Å². The lowest BCUT2D eigenvalue weighted by molar-refractivity contribution is 0.0958. The van der Waals surface area contributed by atoms with E-state index < -0.39 is 8.56 Å². The lowest BCUT2D eigenvalue weighted by Gasteiger charge is -2.30. The first-order valence-corrected chi connectivity index (χ1v) is 12.8. The molecule has 0 aromatic heterocycles. The van der Waals surface area contributed by atoms with E-state index in [-0.39, 0.29) is 17.7 Å². The van der Waals surface area contributed by atoms with Crippen LogP contribution in [0.4, 0.5) is 0 Å². The molecule has 164 valence electrons. The van der Waals surface area contributed by atoms with Gasteiger partial charge in [-0.1, -0.05) is 54.6 Å². The lowest BCUT2D eigenvalue weighted by atomic mass is 10.1. The molecule has 0 heterocycles. The number of aryl methyl sites for hydroxylation is 3. The van der Waals surface area contributed by atoms with Crippen LogP contribution in [0, 0.1) is 20.8 Å². The molecule has 0 spiro atoms. The van der Waals surface area contributed by atoms with Gasteiger partial charge in [-0.2, -0.15) is 0 Å². The van der Waals surface area contributed by atoms with Crippen molar-refractivity contribution in [2.75, 3.05) is 0 Å². The third-order valence-electron chi connectivity index (χ3n) is 5.26. The zero-order valence-electron chi connectivity index (χ0n) is 18.7. The maximum atomic E-state index is 13.1. The van der Waals surface area contributed by atoms with Gasteiger partial charge in [0, 0.05) is 16.7 Å². The number of carbonyl (C=O) groups excluding carboxylic acids is 3. The van der Waals surface area contributed by atoms with E-state index >= 15 is 0 Å². The minimum atomic E-state index is -3.35. The van der Waals surface area contributed by atoms with Gasteiger partial charge < -0.3 is 14.9 Å². The highest BCUT2D eigenvalue weighted by molar-refractivity contribution is 6.78. The van der Waals surface area contributed by atoms with Crippen LogP contribution in [0.5, 0.6) is 0 Å². The van der Waals surface area contributed by atoms with Gasteiger partial charge in [0.1, 0.15) is 0 Å². The zero-order chi connectivity index (χ0) is 23.3. The van der Waals surface area contributed by atoms with Crippen LogP contribution < -0.4 is 14.9 Å². The van der Waals surface area contributed by atoms with Crippen LogP contribution in [-0.2, 0) is 0 Å². The average molecular weight is 446 g/mol. The molecule has 0 atom stereocenters. The van der Waals surface area contributed by atoms with E-state index in [9.17, 15) is 14.4 Å². The van der Waals surface area contributed by atoms with Gasteiger partial charge in [-0.05, 0) is 62.2 Å². The van der Waals surface area contributed by atoms with E-state index in [1.807, 2.05) is 57.2 Å². The fraction of sp³-hybridized carbons (Fsp3) is 0.160. The Morgan fingerprint density at radius 3 is 1.03 bits per heavy atom. The molecule has 0 saturated carbocycles. The Bertz CT molecular complexity index is 1030. The topological polar surface area (TPSA) is 87.3 Å². The standard InChI is InChI=1S/C25H27N3O3Si/c1-17-11-5-8-14-20(17)23(29)26-32(4,27-24(30)21-15-9-6-12-18(21)2)28-25(31)22-16-10-7-13-19(22)3/h5-16H,1-4H3,(H,26,29)(H,27,30)(H,28,31). The van der Waals surface area contributed by atoms with Crippen LogP contribution in [-0.4, -0.2) is 26.3 Å². The van der Waals surface area contributed by atoms with Gasteiger partial charge in [0.25, 0.3) is 0 Å². The Kier molecular flexibility index (Phi) is 6.90. The SMILES string of the molecule is Cc1ccccc1C(=O)N[Si](C)(NC(=O)c1ccccc1C)NC(=O)c1ccccc1C. The molecule has 0 bridgehead atoms. The van der Waals surface area contributed by atoms with E-state index in [0.29, 0.717) is 16.7 Å². The molecule has 3 N–H and O–H groups in total. The fourth-order valence-electron chi connectivity index (χ4n) is 3.46. The van der Waals surface area contributed by atoms with Crippen molar-refractivity contribution in [3.63, 3.8) is 0 Å². The molecule has 3 rings (SSSR count). The average Bonchev–Trinajstić information content (AvgIpc) is 2.74. The predicted molar refractivity (Wildman–Crippen MR) is 128 cm³/mol. The van der Waals surface area contributed by atoms with Gasteiger partial charge in [-0.25, -0.2) is 0 Å². The van der Waals surface area contributed by atoms with Crippen molar-refractivity contribution in [2.24, 2.45) is 0 Å². The summed E-state index contributed by atoms with van der Waals surface area (Å²) in [5, 5.41) is 0. The summed E-state index contributed by atoms with van der Waals surface area (Å²) in [6.45, 7) is 7.21. The highest BCUT2D eigenvalue weighted by Gasteiger charge is 2.37. The molecule has 0 unspecified atom stereocenters. The molecule has 3 aromatic carbocycles. The Labute approximate surface area is 189 Å². The highest BCUT2D eigenvalue weighted by atomic mass is 28.4. The summed E-state index contributed by atoms with van der Waals surface area (Å²) in [5.41, 5.74) is 3.87. The molecular formula is C25H27N3O3Si. The summed E-state index contributed by atoms with van der Waals surface area (Å²) in [7, 11) is -3.35. The summed E-state index contributed by atoms with van der Waals surface area (Å²) in [4.78, 5) is 48.0. The van der Waals surface area contributed by atoms with E-state index in [1.165, 1.54) is 0 Å². The summed E-state index contributed by atoms with van der Waals surface area (Å²) in [5.74, 6) is -1.06. The lowest BCUT2D eigenvalue weighted by Crippen LogP contribution is -2.74. The minimum absolute atomic E-state index is 0.354. The van der Waals surface area contributed by atoms with Crippen LogP contribution in [0.1, 0.15) is 47.8 Å². The summed E-state index contributed by atoms with van der Waals surface area (Å²) < 4.78 is 0. The molecule has 7 heteroatoms. The molecule has 3 amide bonds. The van der Waals surface area contributed by atoms with Gasteiger partial charge in [0.2, 0.25) is 17.7 Å². The van der Waals surface area contributed by atoms with Gasteiger partial charge in [0.05, 0.1) is 0 Å². The molecule has 0 fully saturated rings. The number of rotatable bonds is 6. The normalized spacial score (nSPS) is 10.9. The predicted octanol–water partition coefficient (Wildman–Crippen LogP) is 3.77. The van der Waals surface area contributed by atoms with Gasteiger partial charge in [-0.3, -0.25) is 14.4 Å². The van der Waals surface area contributed by atoms with Crippen molar-refractivity contribution in [1.82, 2.24) is 14.9 Å². The Morgan fingerprint density at radius 1 is 0.531 bits per heavy atom. The maximum absolute atomic E-state index is 13.1. The third-order valence-corrected chi connectivity index (χ3v) is 7.44. The molecular weight excluding hydrogens is 418 g/mol. The Morgan fingerprint density at radius 2 is 0.781 bits per heavy atom. The van der Waals surface area contributed by atoms with Crippen LogP contribution in [0.3, 0.4) is 0 Å². The van der Waals surface area contributed by atoms with Crippen LogP contribution >= 0.6 is 0 Å². The minimum Gasteiger partial charge on any atom is -0.344 e. The van der Waals surface area contributed by atoms with Crippen LogP contribution in [0.15, 0.2) is 72.8 Å². The fourth-order valence-corrected chi connectivity index (χ4v) is 5.41. The van der Waals surface area contributed by atoms with Crippen molar-refractivity contribution >= 4 is 26.3 Å². The quantitative estimate of drug-likeness (QED) is 0.505. The number of hydrogen-bond donors (Lipinski definition) is 3. The van der Waals surface area contributed by atoms with E-state index in [4.69, 9.17) is 0 Å². The third kappa shape index (κ3) is 5.31. The second-order valence-electron chi connectivity index (χ2n) is 7.93. The molecule has 0 aliphatic carbocycles. The monoisotopic (exact) mass is 445 g/mol. The molecule has 0 aliphatic rings. The Hall–Kier alpha value is -3.71. The molecule has 0 saturated heterocycles. The number of benzene rings is 3. The number of nitrogens with one attached hydrogen (secondary N) is 3. The van der Waals surface area contributed by atoms with Crippen molar-refractivity contribution < 1.29 is 14.4 Å². The first-order chi connectivity index (χ1) is 15.2.